The number of nitrogens with zero attached hydrogens (tertiary/aromatic N) is 4. The molecular formula is C12H16N4O3. The van der Waals surface area contributed by atoms with Gasteiger partial charge in [-0.25, -0.2) is 9.67 Å². The number of carbonyl (C=O) groups is 1. The highest BCUT2D eigenvalue weighted by Crippen LogP contribution is 2.08. The van der Waals surface area contributed by atoms with Crippen molar-refractivity contribution < 1.29 is 9.53 Å². The second-order valence-corrected chi connectivity index (χ2v) is 5.28. The van der Waals surface area contributed by atoms with E-state index >= 15 is 0 Å². The van der Waals surface area contributed by atoms with Gasteiger partial charge in [-0.2, -0.15) is 5.10 Å². The van der Waals surface area contributed by atoms with Gasteiger partial charge in [-0.3, -0.25) is 9.59 Å². The normalized spacial score (nSPS) is 11.8. The monoisotopic (exact) mass is 264 g/mol. The van der Waals surface area contributed by atoms with Crippen LogP contribution in [0.15, 0.2) is 17.3 Å². The maximum absolute atomic E-state index is 12.1. The Labute approximate surface area is 109 Å². The number of aromatic nitrogens is 4. The van der Waals surface area contributed by atoms with Crippen molar-refractivity contribution in [2.24, 2.45) is 7.05 Å². The molecule has 2 aromatic heterocycles. The average Bonchev–Trinajstić information content (AvgIpc) is 2.62. The first-order chi connectivity index (χ1) is 8.78. The van der Waals surface area contributed by atoms with Crippen LogP contribution in [-0.2, 0) is 23.1 Å². The van der Waals surface area contributed by atoms with Crippen molar-refractivity contribution in [2.75, 3.05) is 0 Å². The molecular weight excluding hydrogens is 248 g/mol. The Balaban J connectivity index is 2.31. The molecule has 0 unspecified atom stereocenters. The van der Waals surface area contributed by atoms with Gasteiger partial charge < -0.3 is 9.30 Å². The van der Waals surface area contributed by atoms with Crippen molar-refractivity contribution in [3.63, 3.8) is 0 Å². The summed E-state index contributed by atoms with van der Waals surface area (Å²) in [6.45, 7) is 5.10. The van der Waals surface area contributed by atoms with Gasteiger partial charge in [-0.15, -0.1) is 0 Å². The zero-order chi connectivity index (χ0) is 14.2. The lowest BCUT2D eigenvalue weighted by atomic mass is 10.2. The van der Waals surface area contributed by atoms with Gasteiger partial charge in [0.05, 0.1) is 12.5 Å². The molecule has 0 aliphatic heterocycles. The first kappa shape index (κ1) is 13.3. The van der Waals surface area contributed by atoms with Crippen LogP contribution in [0.4, 0.5) is 0 Å². The minimum Gasteiger partial charge on any atom is -0.459 e. The lowest BCUT2D eigenvalue weighted by molar-refractivity contribution is -0.155. The number of carbonyl (C=O) groups excluding carboxylic acids is 1. The number of aryl methyl sites for hydroxylation is 1. The minimum absolute atomic E-state index is 0.211. The van der Waals surface area contributed by atoms with Gasteiger partial charge in [0.15, 0.2) is 0 Å². The van der Waals surface area contributed by atoms with Crippen molar-refractivity contribution >= 4 is 17.0 Å². The summed E-state index contributed by atoms with van der Waals surface area (Å²) in [7, 11) is 1.72. The van der Waals surface area contributed by atoms with Crippen LogP contribution in [0.3, 0.4) is 0 Å². The van der Waals surface area contributed by atoms with E-state index in [0.717, 1.165) is 4.68 Å². The molecule has 0 atom stereocenters. The molecule has 0 spiro atoms. The van der Waals surface area contributed by atoms with Gasteiger partial charge in [-0.1, -0.05) is 0 Å². The van der Waals surface area contributed by atoms with E-state index in [-0.39, 0.29) is 12.1 Å². The van der Waals surface area contributed by atoms with Crippen LogP contribution in [-0.4, -0.2) is 30.9 Å². The standard InChI is InChI=1S/C12H16N4O3/c1-12(2,3)19-9(17)6-16-11(18)10-8(5-14-16)13-7-15(10)4/h5,7H,6H2,1-4H3. The number of fused-ring (bicyclic) bond motifs is 1. The number of imidazole rings is 1. The maximum Gasteiger partial charge on any atom is 0.328 e. The molecule has 0 aromatic carbocycles. The predicted molar refractivity (Wildman–Crippen MR) is 68.6 cm³/mol. The number of esters is 1. The average molecular weight is 264 g/mol. The molecule has 0 saturated carbocycles. The molecule has 0 fully saturated rings. The van der Waals surface area contributed by atoms with Crippen LogP contribution in [0.2, 0.25) is 0 Å². The molecule has 0 amide bonds. The first-order valence-corrected chi connectivity index (χ1v) is 5.87. The molecule has 7 nitrogen and oxygen atoms in total. The molecule has 0 N–H and O–H groups in total. The van der Waals surface area contributed by atoms with Crippen molar-refractivity contribution in [3.05, 3.63) is 22.9 Å². The molecule has 102 valence electrons. The van der Waals surface area contributed by atoms with Gasteiger partial charge >= 0.3 is 5.97 Å². The fourth-order valence-electron chi connectivity index (χ4n) is 1.71. The fraction of sp³-hybridized carbons (Fsp3) is 0.500. The van der Waals surface area contributed by atoms with Crippen LogP contribution in [0.1, 0.15) is 20.8 Å². The molecule has 2 heterocycles. The zero-order valence-corrected chi connectivity index (χ0v) is 11.4. The maximum atomic E-state index is 12.1. The van der Waals surface area contributed by atoms with Gasteiger partial charge in [0.2, 0.25) is 0 Å². The van der Waals surface area contributed by atoms with Gasteiger partial charge in [0.1, 0.15) is 23.2 Å². The summed E-state index contributed by atoms with van der Waals surface area (Å²) in [4.78, 5) is 27.9. The quantitative estimate of drug-likeness (QED) is 0.737. The lowest BCUT2D eigenvalue weighted by Crippen LogP contribution is -2.32. The molecule has 0 aliphatic carbocycles. The molecule has 7 heteroatoms. The molecule has 2 rings (SSSR count). The van der Waals surface area contributed by atoms with E-state index in [2.05, 4.69) is 10.1 Å². The van der Waals surface area contributed by atoms with E-state index in [4.69, 9.17) is 4.74 Å². The van der Waals surface area contributed by atoms with Crippen LogP contribution in [0, 0.1) is 0 Å². The van der Waals surface area contributed by atoms with Gasteiger partial charge in [0, 0.05) is 7.05 Å². The van der Waals surface area contributed by atoms with E-state index in [1.54, 1.807) is 32.4 Å². The molecule has 0 bridgehead atoms. The first-order valence-electron chi connectivity index (χ1n) is 5.87. The highest BCUT2D eigenvalue weighted by atomic mass is 16.6. The third-order valence-corrected chi connectivity index (χ3v) is 2.42. The number of hydrogen-bond donors (Lipinski definition) is 0. The van der Waals surface area contributed by atoms with Crippen LogP contribution in [0.5, 0.6) is 0 Å². The summed E-state index contributed by atoms with van der Waals surface area (Å²) in [6.07, 6.45) is 2.99. The summed E-state index contributed by atoms with van der Waals surface area (Å²) in [6, 6.07) is 0. The molecule has 19 heavy (non-hydrogen) atoms. The Morgan fingerprint density at radius 1 is 1.42 bits per heavy atom. The van der Waals surface area contributed by atoms with E-state index in [0.29, 0.717) is 11.0 Å². The SMILES string of the molecule is Cn1cnc2cnn(CC(=O)OC(C)(C)C)c(=O)c21. The third-order valence-electron chi connectivity index (χ3n) is 2.42. The largest absolute Gasteiger partial charge is 0.459 e. The molecule has 0 saturated heterocycles. The highest BCUT2D eigenvalue weighted by Gasteiger charge is 2.18. The van der Waals surface area contributed by atoms with E-state index in [9.17, 15) is 9.59 Å². The number of rotatable bonds is 2. The smallest absolute Gasteiger partial charge is 0.328 e. The Morgan fingerprint density at radius 2 is 2.11 bits per heavy atom. The summed E-state index contributed by atoms with van der Waals surface area (Å²) >= 11 is 0. The number of hydrogen-bond acceptors (Lipinski definition) is 5. The summed E-state index contributed by atoms with van der Waals surface area (Å²) in [5.41, 5.74) is -0.0213. The Morgan fingerprint density at radius 3 is 2.74 bits per heavy atom. The van der Waals surface area contributed by atoms with Crippen LogP contribution < -0.4 is 5.56 Å². The molecule has 2 aromatic rings. The second-order valence-electron chi connectivity index (χ2n) is 5.28. The van der Waals surface area contributed by atoms with Crippen LogP contribution in [0.25, 0.3) is 11.0 Å². The Kier molecular flexibility index (Phi) is 3.13. The second kappa shape index (κ2) is 4.49. The van der Waals surface area contributed by atoms with Crippen molar-refractivity contribution in [2.45, 2.75) is 32.9 Å². The Hall–Kier alpha value is -2.18. The highest BCUT2D eigenvalue weighted by molar-refractivity contribution is 5.74. The summed E-state index contributed by atoms with van der Waals surface area (Å²) in [5.74, 6) is -0.497. The molecule has 0 aliphatic rings. The van der Waals surface area contributed by atoms with Crippen molar-refractivity contribution in [1.29, 1.82) is 0 Å². The fourth-order valence-corrected chi connectivity index (χ4v) is 1.71. The number of ether oxygens (including phenoxy) is 1. The predicted octanol–water partition coefficient (Wildman–Crippen LogP) is 0.472. The van der Waals surface area contributed by atoms with E-state index < -0.39 is 11.6 Å². The summed E-state index contributed by atoms with van der Waals surface area (Å²) in [5, 5.41) is 3.92. The van der Waals surface area contributed by atoms with Gasteiger partial charge in [0.25, 0.3) is 5.56 Å². The third kappa shape index (κ3) is 2.81. The van der Waals surface area contributed by atoms with Crippen molar-refractivity contribution in [3.8, 4) is 0 Å². The summed E-state index contributed by atoms with van der Waals surface area (Å²) < 4.78 is 7.84. The van der Waals surface area contributed by atoms with Crippen LogP contribution >= 0.6 is 0 Å². The van der Waals surface area contributed by atoms with Crippen molar-refractivity contribution in [1.82, 2.24) is 19.3 Å². The van der Waals surface area contributed by atoms with E-state index in [1.165, 1.54) is 12.5 Å². The Bertz CT molecular complexity index is 678. The zero-order valence-electron chi connectivity index (χ0n) is 11.4. The van der Waals surface area contributed by atoms with Gasteiger partial charge in [-0.05, 0) is 20.8 Å². The molecule has 0 radical (unpaired) electrons. The van der Waals surface area contributed by atoms with E-state index in [1.807, 2.05) is 0 Å². The topological polar surface area (TPSA) is 79.0 Å². The minimum atomic E-state index is -0.586. The lowest BCUT2D eigenvalue weighted by Gasteiger charge is -2.19.